The molecular weight excluding hydrogens is 152 g/mol. The van der Waals surface area contributed by atoms with Crippen LogP contribution in [0.2, 0.25) is 0 Å². The van der Waals surface area contributed by atoms with Gasteiger partial charge in [0.05, 0.1) is 12.5 Å². The third-order valence-corrected chi connectivity index (χ3v) is 1.52. The Morgan fingerprint density at radius 3 is 3.17 bits per heavy atom. The Bertz CT molecular complexity index is 404. The van der Waals surface area contributed by atoms with Gasteiger partial charge in [0, 0.05) is 6.20 Å². The van der Waals surface area contributed by atoms with Crippen LogP contribution in [0.15, 0.2) is 24.4 Å². The lowest BCUT2D eigenvalue weighted by Crippen LogP contribution is -1.86. The van der Waals surface area contributed by atoms with Crippen molar-refractivity contribution in [1.82, 2.24) is 14.6 Å². The van der Waals surface area contributed by atoms with E-state index in [2.05, 4.69) is 10.1 Å². The maximum absolute atomic E-state index is 8.41. The van der Waals surface area contributed by atoms with E-state index in [0.717, 1.165) is 5.65 Å². The standard InChI is InChI=1S/C8H6N4/c9-5-4-7-10-8-3-1-2-6-12(8)11-7/h1-3,6H,4H2. The van der Waals surface area contributed by atoms with Crippen LogP contribution >= 0.6 is 0 Å². The molecule has 0 unspecified atom stereocenters. The van der Waals surface area contributed by atoms with Gasteiger partial charge in [-0.2, -0.15) is 10.4 Å². The molecule has 0 saturated carbocycles. The first-order valence-electron chi connectivity index (χ1n) is 3.57. The Labute approximate surface area is 69.1 Å². The number of rotatable bonds is 1. The van der Waals surface area contributed by atoms with Gasteiger partial charge in [-0.25, -0.2) is 9.50 Å². The Kier molecular flexibility index (Phi) is 1.49. The fraction of sp³-hybridized carbons (Fsp3) is 0.125. The van der Waals surface area contributed by atoms with Crippen molar-refractivity contribution < 1.29 is 0 Å². The molecule has 2 aromatic rings. The van der Waals surface area contributed by atoms with E-state index in [4.69, 9.17) is 5.26 Å². The van der Waals surface area contributed by atoms with E-state index in [1.807, 2.05) is 30.5 Å². The van der Waals surface area contributed by atoms with Gasteiger partial charge in [-0.15, -0.1) is 0 Å². The zero-order valence-corrected chi connectivity index (χ0v) is 6.31. The SMILES string of the molecule is N#CCc1nc2ccccn2n1. The summed E-state index contributed by atoms with van der Waals surface area (Å²) in [5.74, 6) is 0.573. The topological polar surface area (TPSA) is 54.0 Å². The van der Waals surface area contributed by atoms with Gasteiger partial charge in [-0.05, 0) is 12.1 Å². The molecule has 0 saturated heterocycles. The molecule has 4 nitrogen and oxygen atoms in total. The average molecular weight is 158 g/mol. The summed E-state index contributed by atoms with van der Waals surface area (Å²) in [6.07, 6.45) is 2.07. The highest BCUT2D eigenvalue weighted by atomic mass is 15.3. The molecule has 0 aliphatic rings. The molecule has 0 bridgehead atoms. The third kappa shape index (κ3) is 1.01. The highest BCUT2D eigenvalue weighted by molar-refractivity contribution is 5.36. The van der Waals surface area contributed by atoms with Crippen LogP contribution in [0.25, 0.3) is 5.65 Å². The molecule has 0 atom stereocenters. The van der Waals surface area contributed by atoms with Crippen LogP contribution in [-0.2, 0) is 6.42 Å². The van der Waals surface area contributed by atoms with Gasteiger partial charge < -0.3 is 0 Å². The molecule has 2 rings (SSSR count). The smallest absolute Gasteiger partial charge is 0.165 e. The van der Waals surface area contributed by atoms with Gasteiger partial charge in [-0.1, -0.05) is 6.07 Å². The van der Waals surface area contributed by atoms with Crippen molar-refractivity contribution in [3.8, 4) is 6.07 Å². The zero-order valence-electron chi connectivity index (χ0n) is 6.31. The Balaban J connectivity index is 2.56. The van der Waals surface area contributed by atoms with Gasteiger partial charge in [0.15, 0.2) is 11.5 Å². The van der Waals surface area contributed by atoms with Gasteiger partial charge in [-0.3, -0.25) is 0 Å². The first-order valence-corrected chi connectivity index (χ1v) is 3.57. The van der Waals surface area contributed by atoms with Crippen LogP contribution in [0.5, 0.6) is 0 Å². The van der Waals surface area contributed by atoms with Crippen LogP contribution < -0.4 is 0 Å². The molecule has 0 aromatic carbocycles. The second kappa shape index (κ2) is 2.62. The van der Waals surface area contributed by atoms with E-state index >= 15 is 0 Å². The third-order valence-electron chi connectivity index (χ3n) is 1.52. The average Bonchev–Trinajstić information content (AvgIpc) is 2.47. The summed E-state index contributed by atoms with van der Waals surface area (Å²) >= 11 is 0. The predicted octanol–water partition coefficient (Wildman–Crippen LogP) is 0.795. The van der Waals surface area contributed by atoms with Crippen molar-refractivity contribution in [3.05, 3.63) is 30.2 Å². The van der Waals surface area contributed by atoms with Gasteiger partial charge in [0.2, 0.25) is 0 Å². The summed E-state index contributed by atoms with van der Waals surface area (Å²) in [6, 6.07) is 7.62. The summed E-state index contributed by atoms with van der Waals surface area (Å²) in [7, 11) is 0. The van der Waals surface area contributed by atoms with E-state index < -0.39 is 0 Å². The molecule has 0 N–H and O–H groups in total. The van der Waals surface area contributed by atoms with E-state index in [-0.39, 0.29) is 6.42 Å². The van der Waals surface area contributed by atoms with Gasteiger partial charge in [0.1, 0.15) is 0 Å². The van der Waals surface area contributed by atoms with Crippen molar-refractivity contribution in [2.45, 2.75) is 6.42 Å². The Morgan fingerprint density at radius 1 is 1.50 bits per heavy atom. The minimum Gasteiger partial charge on any atom is -0.221 e. The van der Waals surface area contributed by atoms with Gasteiger partial charge in [0.25, 0.3) is 0 Å². The van der Waals surface area contributed by atoms with Crippen molar-refractivity contribution in [2.24, 2.45) is 0 Å². The first-order chi connectivity index (χ1) is 5.90. The molecule has 58 valence electrons. The van der Waals surface area contributed by atoms with E-state index in [1.54, 1.807) is 4.52 Å². The highest BCUT2D eigenvalue weighted by Crippen LogP contribution is 1.99. The Hall–Kier alpha value is -1.89. The molecule has 4 heteroatoms. The van der Waals surface area contributed by atoms with Crippen LogP contribution in [0.3, 0.4) is 0 Å². The largest absolute Gasteiger partial charge is 0.221 e. The molecule has 0 fully saturated rings. The summed E-state index contributed by atoms with van der Waals surface area (Å²) in [6.45, 7) is 0. The molecule has 12 heavy (non-hydrogen) atoms. The van der Waals surface area contributed by atoms with Crippen LogP contribution in [0.1, 0.15) is 5.82 Å². The summed E-state index contributed by atoms with van der Waals surface area (Å²) < 4.78 is 1.66. The maximum Gasteiger partial charge on any atom is 0.165 e. The monoisotopic (exact) mass is 158 g/mol. The van der Waals surface area contributed by atoms with Gasteiger partial charge >= 0.3 is 0 Å². The molecule has 0 amide bonds. The minimum atomic E-state index is 0.266. The molecular formula is C8H6N4. The number of pyridine rings is 1. The van der Waals surface area contributed by atoms with Crippen molar-refractivity contribution in [2.75, 3.05) is 0 Å². The number of nitriles is 1. The van der Waals surface area contributed by atoms with Crippen molar-refractivity contribution >= 4 is 5.65 Å². The Morgan fingerprint density at radius 2 is 2.42 bits per heavy atom. The fourth-order valence-electron chi connectivity index (χ4n) is 1.02. The lowest BCUT2D eigenvalue weighted by atomic mass is 10.4. The quantitative estimate of drug-likeness (QED) is 0.616. The lowest BCUT2D eigenvalue weighted by molar-refractivity contribution is 0.911. The zero-order chi connectivity index (χ0) is 8.39. The summed E-state index contributed by atoms with van der Waals surface area (Å²) in [4.78, 5) is 4.13. The van der Waals surface area contributed by atoms with E-state index in [1.165, 1.54) is 0 Å². The first kappa shape index (κ1) is 6.80. The summed E-state index contributed by atoms with van der Waals surface area (Å²) in [5.41, 5.74) is 0.780. The molecule has 2 aromatic heterocycles. The van der Waals surface area contributed by atoms with Crippen LogP contribution in [0.4, 0.5) is 0 Å². The molecule has 0 spiro atoms. The normalized spacial score (nSPS) is 9.92. The van der Waals surface area contributed by atoms with E-state index in [0.29, 0.717) is 5.82 Å². The fourth-order valence-corrected chi connectivity index (χ4v) is 1.02. The number of aromatic nitrogens is 3. The summed E-state index contributed by atoms with van der Waals surface area (Å²) in [5, 5.41) is 12.5. The highest BCUT2D eigenvalue weighted by Gasteiger charge is 1.99. The number of nitrogens with zero attached hydrogens (tertiary/aromatic N) is 4. The number of hydrogen-bond acceptors (Lipinski definition) is 3. The molecule has 0 aliphatic carbocycles. The second-order valence-corrected chi connectivity index (χ2v) is 2.37. The maximum atomic E-state index is 8.41. The predicted molar refractivity (Wildman–Crippen MR) is 42.3 cm³/mol. The van der Waals surface area contributed by atoms with E-state index in [9.17, 15) is 0 Å². The van der Waals surface area contributed by atoms with Crippen molar-refractivity contribution in [1.29, 1.82) is 5.26 Å². The van der Waals surface area contributed by atoms with Crippen LogP contribution in [-0.4, -0.2) is 14.6 Å². The molecule has 0 radical (unpaired) electrons. The number of hydrogen-bond donors (Lipinski definition) is 0. The molecule has 0 aliphatic heterocycles. The van der Waals surface area contributed by atoms with Crippen molar-refractivity contribution in [3.63, 3.8) is 0 Å². The second-order valence-electron chi connectivity index (χ2n) is 2.37. The lowest BCUT2D eigenvalue weighted by Gasteiger charge is -1.84. The van der Waals surface area contributed by atoms with Crippen LogP contribution in [0, 0.1) is 11.3 Å². The number of fused-ring (bicyclic) bond motifs is 1. The molecule has 2 heterocycles. The minimum absolute atomic E-state index is 0.266.